The topological polar surface area (TPSA) is 167 Å². The van der Waals surface area contributed by atoms with E-state index in [9.17, 15) is 26.4 Å². The monoisotopic (exact) mass is 799 g/mol. The number of amides is 2. The third-order valence-electron chi connectivity index (χ3n) is 9.73. The molecule has 0 spiro atoms. The van der Waals surface area contributed by atoms with E-state index in [1.807, 2.05) is 48.5 Å². The third kappa shape index (κ3) is 11.3. The van der Waals surface area contributed by atoms with Gasteiger partial charge in [0.05, 0.1) is 23.7 Å². The minimum absolute atomic E-state index is 0.0118. The Labute approximate surface area is 325 Å². The zero-order valence-corrected chi connectivity index (χ0v) is 33.8. The van der Waals surface area contributed by atoms with Crippen molar-refractivity contribution >= 4 is 32.1 Å². The zero-order chi connectivity index (χ0) is 39.9. The fourth-order valence-corrected chi connectivity index (χ4v) is 8.89. The van der Waals surface area contributed by atoms with Gasteiger partial charge in [-0.3, -0.25) is 8.98 Å². The first-order valence-electron chi connectivity index (χ1n) is 18.6. The number of sulfonamides is 1. The highest BCUT2D eigenvalue weighted by molar-refractivity contribution is 7.89. The van der Waals surface area contributed by atoms with Crippen molar-refractivity contribution in [1.82, 2.24) is 14.9 Å². The Morgan fingerprint density at radius 1 is 0.873 bits per heavy atom. The summed E-state index contributed by atoms with van der Waals surface area (Å²) in [5, 5.41) is 3.22. The molecule has 300 valence electrons. The van der Waals surface area contributed by atoms with Gasteiger partial charge in [0.2, 0.25) is 15.9 Å². The van der Waals surface area contributed by atoms with E-state index >= 15 is 0 Å². The summed E-state index contributed by atoms with van der Waals surface area (Å²) < 4.78 is 74.6. The Morgan fingerprint density at radius 3 is 2.11 bits per heavy atom. The van der Waals surface area contributed by atoms with Crippen LogP contribution in [-0.2, 0) is 50.4 Å². The van der Waals surface area contributed by atoms with Crippen LogP contribution >= 0.6 is 0 Å². The quantitative estimate of drug-likeness (QED) is 0.139. The Kier molecular flexibility index (Phi) is 13.7. The van der Waals surface area contributed by atoms with Crippen LogP contribution in [-0.4, -0.2) is 91.6 Å². The summed E-state index contributed by atoms with van der Waals surface area (Å²) in [6.07, 6.45) is 3.79. The highest BCUT2D eigenvalue weighted by Crippen LogP contribution is 2.50. The molecule has 15 heteroatoms. The van der Waals surface area contributed by atoms with Crippen molar-refractivity contribution in [3.63, 3.8) is 0 Å². The standard InChI is InChI=1S/C40H53N3O10S2/c1-39(2,3)53-38(45)43-26-30(25-31(27-43)42-55(48,49)32-20-18-29(19-21-32)13-12-24-51-54(5,46)47)37(44)41-28-40(22-10-11-23-50-4)33-14-6-8-16-35(33)52-36-17-9-7-15-34(36)40/h6-9,14-21,30-31,42H,10-13,22-28H2,1-5H3,(H,41,44)/t30-,31+/m0/s1. The number of hydrogen-bond donors (Lipinski definition) is 2. The Morgan fingerprint density at radius 2 is 1.51 bits per heavy atom. The predicted octanol–water partition coefficient (Wildman–Crippen LogP) is 5.52. The van der Waals surface area contributed by atoms with Crippen molar-refractivity contribution in [3.05, 3.63) is 89.5 Å². The van der Waals surface area contributed by atoms with Crippen LogP contribution in [0.5, 0.6) is 11.5 Å². The van der Waals surface area contributed by atoms with E-state index in [1.165, 1.54) is 17.0 Å². The van der Waals surface area contributed by atoms with Crippen molar-refractivity contribution in [2.45, 2.75) is 81.2 Å². The maximum atomic E-state index is 14.3. The van der Waals surface area contributed by atoms with Crippen molar-refractivity contribution in [1.29, 1.82) is 0 Å². The number of unbranched alkanes of at least 4 members (excludes halogenated alkanes) is 1. The van der Waals surface area contributed by atoms with E-state index < -0.39 is 49.2 Å². The van der Waals surface area contributed by atoms with Crippen LogP contribution in [0.15, 0.2) is 77.7 Å². The van der Waals surface area contributed by atoms with E-state index in [4.69, 9.17) is 18.4 Å². The van der Waals surface area contributed by atoms with Gasteiger partial charge in [-0.15, -0.1) is 0 Å². The molecular formula is C40H53N3O10S2. The van der Waals surface area contributed by atoms with E-state index in [2.05, 4.69) is 10.0 Å². The van der Waals surface area contributed by atoms with Gasteiger partial charge in [-0.2, -0.15) is 8.42 Å². The second-order valence-corrected chi connectivity index (χ2v) is 18.6. The summed E-state index contributed by atoms with van der Waals surface area (Å²) in [5.41, 5.74) is 1.31. The number of likely N-dealkylation sites (tertiary alicyclic amines) is 1. The number of benzene rings is 3. The Hall–Kier alpha value is -4.02. The number of aryl methyl sites for hydroxylation is 1. The molecular weight excluding hydrogens is 747 g/mol. The minimum atomic E-state index is -4.06. The van der Waals surface area contributed by atoms with E-state index in [0.717, 1.165) is 47.3 Å². The van der Waals surface area contributed by atoms with Crippen LogP contribution in [0.3, 0.4) is 0 Å². The number of carbonyl (C=O) groups is 2. The van der Waals surface area contributed by atoms with Crippen LogP contribution in [0.25, 0.3) is 0 Å². The minimum Gasteiger partial charge on any atom is -0.457 e. The SMILES string of the molecule is COCCCCC1(CNC(=O)[C@H]2C[C@@H](NS(=O)(=O)c3ccc(CCCOS(C)(=O)=O)cc3)CN(C(=O)OC(C)(C)C)C2)c2ccccc2Oc2ccccc21. The van der Waals surface area contributed by atoms with Crippen LogP contribution in [0.1, 0.15) is 69.6 Å². The molecule has 0 radical (unpaired) electrons. The summed E-state index contributed by atoms with van der Waals surface area (Å²) in [5.74, 6) is 0.389. The maximum Gasteiger partial charge on any atom is 0.410 e. The lowest BCUT2D eigenvalue weighted by molar-refractivity contribution is -0.127. The van der Waals surface area contributed by atoms with Gasteiger partial charge in [0.25, 0.3) is 10.1 Å². The molecule has 3 aromatic rings. The zero-order valence-electron chi connectivity index (χ0n) is 32.2. The summed E-state index contributed by atoms with van der Waals surface area (Å²) in [6, 6.07) is 21.2. The maximum absolute atomic E-state index is 14.3. The van der Waals surface area contributed by atoms with E-state index in [0.29, 0.717) is 25.9 Å². The largest absolute Gasteiger partial charge is 0.457 e. The van der Waals surface area contributed by atoms with Crippen LogP contribution in [0.4, 0.5) is 4.79 Å². The fraction of sp³-hybridized carbons (Fsp3) is 0.500. The average Bonchev–Trinajstić information content (AvgIpc) is 3.13. The number of ether oxygens (including phenoxy) is 3. The first kappa shape index (κ1) is 42.1. The molecule has 0 saturated carbocycles. The highest BCUT2D eigenvalue weighted by Gasteiger charge is 2.43. The highest BCUT2D eigenvalue weighted by atomic mass is 32.2. The number of hydrogen-bond acceptors (Lipinski definition) is 10. The van der Waals surface area contributed by atoms with Gasteiger partial charge in [-0.1, -0.05) is 48.5 Å². The number of rotatable bonds is 16. The average molecular weight is 800 g/mol. The van der Waals surface area contributed by atoms with Gasteiger partial charge < -0.3 is 24.4 Å². The number of nitrogens with zero attached hydrogens (tertiary/aromatic N) is 1. The van der Waals surface area contributed by atoms with Crippen LogP contribution in [0.2, 0.25) is 0 Å². The summed E-state index contributed by atoms with van der Waals surface area (Å²) in [6.45, 7) is 6.18. The lowest BCUT2D eigenvalue weighted by atomic mass is 9.69. The molecule has 2 amide bonds. The van der Waals surface area contributed by atoms with Gasteiger partial charge in [0, 0.05) is 55.9 Å². The van der Waals surface area contributed by atoms with E-state index in [-0.39, 0.29) is 43.5 Å². The first-order chi connectivity index (χ1) is 26.0. The van der Waals surface area contributed by atoms with Gasteiger partial charge in [-0.25, -0.2) is 17.9 Å². The Balaban J connectivity index is 1.35. The van der Waals surface area contributed by atoms with E-state index in [1.54, 1.807) is 40.0 Å². The summed E-state index contributed by atoms with van der Waals surface area (Å²) >= 11 is 0. The molecule has 0 aromatic heterocycles. The molecule has 2 aliphatic rings. The second kappa shape index (κ2) is 17.8. The molecule has 2 N–H and O–H groups in total. The molecule has 0 unspecified atom stereocenters. The number of carbonyl (C=O) groups excluding carboxylic acids is 2. The van der Waals surface area contributed by atoms with Crippen molar-refractivity contribution in [2.75, 3.05) is 46.2 Å². The van der Waals surface area contributed by atoms with Gasteiger partial charge in [0.1, 0.15) is 17.1 Å². The number of fused-ring (bicyclic) bond motifs is 2. The van der Waals surface area contributed by atoms with Crippen LogP contribution in [0, 0.1) is 5.92 Å². The number of para-hydroxylation sites is 2. The van der Waals surface area contributed by atoms with Gasteiger partial charge in [-0.05, 0) is 89.1 Å². The normalized spacial score (nSPS) is 18.1. The molecule has 5 rings (SSSR count). The molecule has 13 nitrogen and oxygen atoms in total. The van der Waals surface area contributed by atoms with Crippen molar-refractivity contribution < 1.29 is 44.8 Å². The fourth-order valence-electron chi connectivity index (χ4n) is 7.23. The molecule has 0 bridgehead atoms. The molecule has 1 saturated heterocycles. The smallest absolute Gasteiger partial charge is 0.410 e. The molecule has 55 heavy (non-hydrogen) atoms. The van der Waals surface area contributed by atoms with Crippen LogP contribution < -0.4 is 14.8 Å². The number of nitrogens with one attached hydrogen (secondary N) is 2. The third-order valence-corrected chi connectivity index (χ3v) is 11.9. The summed E-state index contributed by atoms with van der Waals surface area (Å²) in [7, 11) is -5.93. The summed E-state index contributed by atoms with van der Waals surface area (Å²) in [4.78, 5) is 29.1. The lowest BCUT2D eigenvalue weighted by Gasteiger charge is -2.42. The first-order valence-corrected chi connectivity index (χ1v) is 21.9. The van der Waals surface area contributed by atoms with Gasteiger partial charge in [0.15, 0.2) is 0 Å². The molecule has 2 atom stereocenters. The lowest BCUT2D eigenvalue weighted by Crippen LogP contribution is -2.56. The van der Waals surface area contributed by atoms with Gasteiger partial charge >= 0.3 is 6.09 Å². The molecule has 3 aromatic carbocycles. The molecule has 1 fully saturated rings. The van der Waals surface area contributed by atoms with Crippen molar-refractivity contribution in [2.24, 2.45) is 5.92 Å². The number of methoxy groups -OCH3 is 1. The molecule has 0 aliphatic carbocycles. The molecule has 2 aliphatic heterocycles. The number of piperidine rings is 1. The Bertz CT molecular complexity index is 1970. The second-order valence-electron chi connectivity index (χ2n) is 15.3. The molecule has 2 heterocycles. The predicted molar refractivity (Wildman–Crippen MR) is 208 cm³/mol. The van der Waals surface area contributed by atoms with Crippen molar-refractivity contribution in [3.8, 4) is 11.5 Å².